The molecule has 1 amide bonds. The van der Waals surface area contributed by atoms with Gasteiger partial charge < -0.3 is 10.1 Å². The van der Waals surface area contributed by atoms with Gasteiger partial charge in [-0.2, -0.15) is 4.31 Å². The van der Waals surface area contributed by atoms with Crippen LogP contribution in [0.5, 0.6) is 0 Å². The number of esters is 1. The lowest BCUT2D eigenvalue weighted by atomic mass is 10.1. The minimum atomic E-state index is -3.62. The third-order valence-corrected chi connectivity index (χ3v) is 9.16. The van der Waals surface area contributed by atoms with Gasteiger partial charge in [0, 0.05) is 23.0 Å². The van der Waals surface area contributed by atoms with Gasteiger partial charge in [0.15, 0.2) is 0 Å². The Morgan fingerprint density at radius 2 is 1.80 bits per heavy atom. The zero-order valence-electron chi connectivity index (χ0n) is 19.7. The maximum Gasteiger partial charge on any atom is 0.350 e. The number of piperidine rings is 1. The summed E-state index contributed by atoms with van der Waals surface area (Å²) in [6.45, 7) is 4.37. The highest BCUT2D eigenvalue weighted by atomic mass is 32.2. The first-order valence-corrected chi connectivity index (χ1v) is 13.9. The average molecular weight is 513 g/mol. The van der Waals surface area contributed by atoms with Gasteiger partial charge in [-0.25, -0.2) is 13.2 Å². The largest absolute Gasteiger partial charge is 0.462 e. The van der Waals surface area contributed by atoms with Crippen LogP contribution in [0.1, 0.15) is 53.1 Å². The average Bonchev–Trinajstić information content (AvgIpc) is 3.29. The van der Waals surface area contributed by atoms with Crippen molar-refractivity contribution >= 4 is 38.9 Å². The fraction of sp³-hybridized carbons (Fsp3) is 0.308. The van der Waals surface area contributed by atoms with Crippen LogP contribution in [-0.2, 0) is 14.8 Å². The molecule has 184 valence electrons. The van der Waals surface area contributed by atoms with Gasteiger partial charge in [-0.15, -0.1) is 11.3 Å². The molecule has 1 N–H and O–H groups in total. The van der Waals surface area contributed by atoms with Crippen molar-refractivity contribution < 1.29 is 22.7 Å². The van der Waals surface area contributed by atoms with Crippen molar-refractivity contribution in [3.8, 4) is 10.4 Å². The molecule has 0 aliphatic carbocycles. The summed E-state index contributed by atoms with van der Waals surface area (Å²) in [4.78, 5) is 26.8. The summed E-state index contributed by atoms with van der Waals surface area (Å²) in [5.41, 5.74) is 1.57. The van der Waals surface area contributed by atoms with Gasteiger partial charge in [0.05, 0.1) is 17.2 Å². The fourth-order valence-electron chi connectivity index (χ4n) is 4.11. The fourth-order valence-corrected chi connectivity index (χ4v) is 6.83. The Bertz CT molecular complexity index is 1300. The van der Waals surface area contributed by atoms with Gasteiger partial charge in [-0.3, -0.25) is 4.79 Å². The summed E-state index contributed by atoms with van der Waals surface area (Å²) < 4.78 is 32.8. The standard InChI is InChI=1S/C26H28N2O5S2/c1-3-33-26(30)24-22(17-23(34-24)19-10-5-4-6-11-19)27-25(29)20-12-14-21(15-13-20)35(31,32)28-16-8-7-9-18(28)2/h4-6,10-15,17-18H,3,7-9,16H2,1-2H3,(H,27,29). The Hall–Kier alpha value is -3.01. The molecule has 1 aliphatic heterocycles. The van der Waals surface area contributed by atoms with Crippen molar-refractivity contribution in [3.63, 3.8) is 0 Å². The predicted octanol–water partition coefficient (Wildman–Crippen LogP) is 5.41. The van der Waals surface area contributed by atoms with Gasteiger partial charge in [-0.1, -0.05) is 36.8 Å². The summed E-state index contributed by atoms with van der Waals surface area (Å²) in [5, 5.41) is 2.80. The van der Waals surface area contributed by atoms with Gasteiger partial charge in [0.2, 0.25) is 10.0 Å². The summed E-state index contributed by atoms with van der Waals surface area (Å²) in [7, 11) is -3.62. The number of nitrogens with zero attached hydrogens (tertiary/aromatic N) is 1. The van der Waals surface area contributed by atoms with Crippen molar-refractivity contribution in [3.05, 3.63) is 71.1 Å². The number of carbonyl (C=O) groups excluding carboxylic acids is 2. The topological polar surface area (TPSA) is 92.8 Å². The maximum absolute atomic E-state index is 13.1. The van der Waals surface area contributed by atoms with Crippen molar-refractivity contribution in [1.29, 1.82) is 0 Å². The Morgan fingerprint density at radius 1 is 1.09 bits per heavy atom. The van der Waals surface area contributed by atoms with E-state index in [4.69, 9.17) is 4.74 Å². The number of anilines is 1. The molecular weight excluding hydrogens is 484 g/mol. The highest BCUT2D eigenvalue weighted by Crippen LogP contribution is 2.35. The van der Waals surface area contributed by atoms with Crippen LogP contribution in [0.2, 0.25) is 0 Å². The summed E-state index contributed by atoms with van der Waals surface area (Å²) in [5.74, 6) is -0.949. The van der Waals surface area contributed by atoms with Crippen molar-refractivity contribution in [2.75, 3.05) is 18.5 Å². The molecule has 0 bridgehead atoms. The highest BCUT2D eigenvalue weighted by molar-refractivity contribution is 7.89. The van der Waals surface area contributed by atoms with Gasteiger partial charge in [-0.05, 0) is 62.6 Å². The molecule has 2 heterocycles. The number of hydrogen-bond donors (Lipinski definition) is 1. The summed E-state index contributed by atoms with van der Waals surface area (Å²) in [6.07, 6.45) is 2.71. The molecule has 1 saturated heterocycles. The molecule has 1 atom stereocenters. The summed E-state index contributed by atoms with van der Waals surface area (Å²) >= 11 is 1.25. The van der Waals surface area contributed by atoms with Crippen LogP contribution in [-0.4, -0.2) is 43.8 Å². The zero-order valence-corrected chi connectivity index (χ0v) is 21.3. The molecule has 1 fully saturated rings. The highest BCUT2D eigenvalue weighted by Gasteiger charge is 2.31. The molecule has 2 aromatic carbocycles. The Kier molecular flexibility index (Phi) is 7.69. The van der Waals surface area contributed by atoms with E-state index in [0.717, 1.165) is 29.7 Å². The van der Waals surface area contributed by atoms with Crippen molar-refractivity contribution in [2.45, 2.75) is 44.0 Å². The van der Waals surface area contributed by atoms with Crippen LogP contribution in [0.4, 0.5) is 5.69 Å². The zero-order chi connectivity index (χ0) is 25.0. The molecule has 9 heteroatoms. The van der Waals surface area contributed by atoms with E-state index in [1.165, 1.54) is 39.9 Å². The van der Waals surface area contributed by atoms with Gasteiger partial charge >= 0.3 is 5.97 Å². The first-order chi connectivity index (χ1) is 16.8. The van der Waals surface area contributed by atoms with Crippen LogP contribution in [0.3, 0.4) is 0 Å². The molecule has 0 radical (unpaired) electrons. The minimum Gasteiger partial charge on any atom is -0.462 e. The number of rotatable bonds is 7. The van der Waals surface area contributed by atoms with Gasteiger partial charge in [0.1, 0.15) is 4.88 Å². The predicted molar refractivity (Wildman–Crippen MR) is 137 cm³/mol. The Morgan fingerprint density at radius 3 is 2.46 bits per heavy atom. The van der Waals surface area contributed by atoms with Crippen molar-refractivity contribution in [1.82, 2.24) is 4.31 Å². The SMILES string of the molecule is CCOC(=O)c1sc(-c2ccccc2)cc1NC(=O)c1ccc(S(=O)(=O)N2CCCCC2C)cc1. The molecule has 3 aromatic rings. The maximum atomic E-state index is 13.1. The third-order valence-electron chi connectivity index (χ3n) is 5.96. The first-order valence-electron chi connectivity index (χ1n) is 11.6. The van der Waals surface area contributed by atoms with E-state index in [2.05, 4.69) is 5.32 Å². The molecule has 0 saturated carbocycles. The second-order valence-corrected chi connectivity index (χ2v) is 11.3. The number of amides is 1. The monoisotopic (exact) mass is 512 g/mol. The number of benzene rings is 2. The quantitative estimate of drug-likeness (QED) is 0.428. The normalized spacial score (nSPS) is 16.6. The van der Waals surface area contributed by atoms with Crippen LogP contribution >= 0.6 is 11.3 Å². The number of thiophene rings is 1. The molecule has 1 unspecified atom stereocenters. The molecule has 1 aromatic heterocycles. The molecule has 4 rings (SSSR count). The lowest BCUT2D eigenvalue weighted by Gasteiger charge is -2.32. The number of hydrogen-bond acceptors (Lipinski definition) is 6. The van der Waals surface area contributed by atoms with E-state index >= 15 is 0 Å². The minimum absolute atomic E-state index is 0.0459. The summed E-state index contributed by atoms with van der Waals surface area (Å²) in [6, 6.07) is 17.2. The number of sulfonamides is 1. The molecule has 7 nitrogen and oxygen atoms in total. The van der Waals surface area contributed by atoms with Crippen molar-refractivity contribution in [2.24, 2.45) is 0 Å². The van der Waals surface area contributed by atoms with E-state index in [-0.39, 0.29) is 23.1 Å². The first kappa shape index (κ1) is 25.1. The Balaban J connectivity index is 1.56. The second-order valence-electron chi connectivity index (χ2n) is 8.38. The molecule has 35 heavy (non-hydrogen) atoms. The second kappa shape index (κ2) is 10.7. The smallest absolute Gasteiger partial charge is 0.350 e. The molecule has 1 aliphatic rings. The lowest BCUT2D eigenvalue weighted by molar-refractivity contribution is 0.0533. The van der Waals surface area contributed by atoms with Crippen LogP contribution in [0.25, 0.3) is 10.4 Å². The van der Waals surface area contributed by atoms with Gasteiger partial charge in [0.25, 0.3) is 5.91 Å². The molecular formula is C26H28N2O5S2. The lowest BCUT2D eigenvalue weighted by Crippen LogP contribution is -2.41. The van der Waals surface area contributed by atoms with E-state index in [9.17, 15) is 18.0 Å². The van der Waals surface area contributed by atoms with E-state index in [1.54, 1.807) is 13.0 Å². The Labute approximate surface area is 209 Å². The van der Waals surface area contributed by atoms with Crippen LogP contribution in [0.15, 0.2) is 65.6 Å². The number of ether oxygens (including phenoxy) is 1. The van der Waals surface area contributed by atoms with E-state index < -0.39 is 21.9 Å². The van der Waals surface area contributed by atoms with E-state index in [1.807, 2.05) is 37.3 Å². The van der Waals surface area contributed by atoms with E-state index in [0.29, 0.717) is 17.1 Å². The number of carbonyl (C=O) groups is 2. The third kappa shape index (κ3) is 5.47. The molecule has 0 spiro atoms. The van der Waals surface area contributed by atoms with Crippen LogP contribution < -0.4 is 5.32 Å². The number of nitrogens with one attached hydrogen (secondary N) is 1. The van der Waals surface area contributed by atoms with Crippen LogP contribution in [0, 0.1) is 0 Å².